The van der Waals surface area contributed by atoms with E-state index in [1.807, 2.05) is 55.5 Å². The highest BCUT2D eigenvalue weighted by Crippen LogP contribution is 2.26. The summed E-state index contributed by atoms with van der Waals surface area (Å²) in [4.78, 5) is 0. The summed E-state index contributed by atoms with van der Waals surface area (Å²) in [5, 5.41) is 23.6. The molecule has 3 N–H and O–H groups in total. The molecule has 0 saturated carbocycles. The Balaban J connectivity index is 1.78. The first-order chi connectivity index (χ1) is 12.6. The lowest BCUT2D eigenvalue weighted by atomic mass is 10.0. The standard InChI is InChI=1S/C21H27NO4/c1-3-13-25-19-11-7-8-12-20(19)26-15-18(23)14-22-16(2)21(24)17-9-5-4-6-10-17/h3-12,16,18,21-24H,1,13-15H2,2H3. The Hall–Kier alpha value is -2.34. The predicted molar refractivity (Wildman–Crippen MR) is 103 cm³/mol. The number of rotatable bonds is 11. The summed E-state index contributed by atoms with van der Waals surface area (Å²) in [5.41, 5.74) is 0.839. The number of ether oxygens (including phenoxy) is 2. The fraction of sp³-hybridized carbons (Fsp3) is 0.333. The number of para-hydroxylation sites is 2. The molecule has 0 aliphatic heterocycles. The second kappa shape index (κ2) is 10.6. The summed E-state index contributed by atoms with van der Waals surface area (Å²) in [6.45, 7) is 6.32. The zero-order chi connectivity index (χ0) is 18.8. The summed E-state index contributed by atoms with van der Waals surface area (Å²) in [6.07, 6.45) is 0.305. The molecule has 5 nitrogen and oxygen atoms in total. The highest BCUT2D eigenvalue weighted by molar-refractivity contribution is 5.39. The monoisotopic (exact) mass is 357 g/mol. The van der Waals surface area contributed by atoms with Crippen molar-refractivity contribution in [1.82, 2.24) is 5.32 Å². The van der Waals surface area contributed by atoms with E-state index in [-0.39, 0.29) is 12.6 Å². The largest absolute Gasteiger partial charge is 0.487 e. The average molecular weight is 357 g/mol. The van der Waals surface area contributed by atoms with Crippen LogP contribution in [0.3, 0.4) is 0 Å². The molecule has 26 heavy (non-hydrogen) atoms. The van der Waals surface area contributed by atoms with Gasteiger partial charge >= 0.3 is 0 Å². The fourth-order valence-electron chi connectivity index (χ4n) is 2.45. The Morgan fingerprint density at radius 1 is 1.00 bits per heavy atom. The minimum absolute atomic E-state index is 0.121. The van der Waals surface area contributed by atoms with Gasteiger partial charge in [-0.05, 0) is 24.6 Å². The second-order valence-electron chi connectivity index (χ2n) is 6.06. The van der Waals surface area contributed by atoms with E-state index < -0.39 is 12.2 Å². The van der Waals surface area contributed by atoms with Crippen molar-refractivity contribution in [3.8, 4) is 11.5 Å². The van der Waals surface area contributed by atoms with Crippen LogP contribution in [0.15, 0.2) is 67.3 Å². The summed E-state index contributed by atoms with van der Waals surface area (Å²) in [7, 11) is 0. The van der Waals surface area contributed by atoms with Crippen molar-refractivity contribution >= 4 is 0 Å². The predicted octanol–water partition coefficient (Wildman–Crippen LogP) is 2.70. The molecule has 140 valence electrons. The Kier molecular flexibility index (Phi) is 8.15. The summed E-state index contributed by atoms with van der Waals surface area (Å²) in [5.74, 6) is 1.19. The summed E-state index contributed by atoms with van der Waals surface area (Å²) < 4.78 is 11.2. The van der Waals surface area contributed by atoms with E-state index >= 15 is 0 Å². The van der Waals surface area contributed by atoms with Crippen LogP contribution in [0.25, 0.3) is 0 Å². The molecule has 3 atom stereocenters. The van der Waals surface area contributed by atoms with Crippen molar-refractivity contribution in [3.63, 3.8) is 0 Å². The summed E-state index contributed by atoms with van der Waals surface area (Å²) >= 11 is 0. The van der Waals surface area contributed by atoms with Gasteiger partial charge in [-0.1, -0.05) is 55.1 Å². The van der Waals surface area contributed by atoms with Gasteiger partial charge in [0, 0.05) is 12.6 Å². The fourth-order valence-corrected chi connectivity index (χ4v) is 2.45. The lowest BCUT2D eigenvalue weighted by Gasteiger charge is -2.22. The van der Waals surface area contributed by atoms with E-state index in [1.165, 1.54) is 0 Å². The Morgan fingerprint density at radius 2 is 1.62 bits per heavy atom. The van der Waals surface area contributed by atoms with Crippen molar-refractivity contribution in [3.05, 3.63) is 72.8 Å². The van der Waals surface area contributed by atoms with Gasteiger partial charge < -0.3 is 25.0 Å². The van der Waals surface area contributed by atoms with E-state index in [4.69, 9.17) is 9.47 Å². The number of aliphatic hydroxyl groups is 2. The van der Waals surface area contributed by atoms with E-state index in [0.29, 0.717) is 24.7 Å². The molecular formula is C21H27NO4. The van der Waals surface area contributed by atoms with Crippen molar-refractivity contribution in [2.75, 3.05) is 19.8 Å². The van der Waals surface area contributed by atoms with Crippen molar-refractivity contribution < 1.29 is 19.7 Å². The van der Waals surface area contributed by atoms with Gasteiger partial charge in [-0.15, -0.1) is 0 Å². The van der Waals surface area contributed by atoms with E-state index in [0.717, 1.165) is 5.56 Å². The van der Waals surface area contributed by atoms with Gasteiger partial charge in [0.25, 0.3) is 0 Å². The molecule has 5 heteroatoms. The highest BCUT2D eigenvalue weighted by atomic mass is 16.5. The maximum atomic E-state index is 10.3. The van der Waals surface area contributed by atoms with Gasteiger partial charge in [0.05, 0.1) is 6.10 Å². The molecule has 0 heterocycles. The zero-order valence-electron chi connectivity index (χ0n) is 15.0. The third-order valence-corrected chi connectivity index (χ3v) is 3.93. The molecule has 0 amide bonds. The number of benzene rings is 2. The first-order valence-electron chi connectivity index (χ1n) is 8.71. The topological polar surface area (TPSA) is 71.0 Å². The van der Waals surface area contributed by atoms with E-state index in [1.54, 1.807) is 12.1 Å². The van der Waals surface area contributed by atoms with Gasteiger partial charge in [-0.25, -0.2) is 0 Å². The molecular weight excluding hydrogens is 330 g/mol. The van der Waals surface area contributed by atoms with Gasteiger partial charge in [0.2, 0.25) is 0 Å². The molecule has 2 aromatic carbocycles. The smallest absolute Gasteiger partial charge is 0.161 e. The molecule has 2 aromatic rings. The van der Waals surface area contributed by atoms with E-state index in [9.17, 15) is 10.2 Å². The number of aliphatic hydroxyl groups excluding tert-OH is 2. The zero-order valence-corrected chi connectivity index (χ0v) is 15.0. The minimum Gasteiger partial charge on any atom is -0.487 e. The van der Waals surface area contributed by atoms with Crippen LogP contribution in [-0.2, 0) is 0 Å². The van der Waals surface area contributed by atoms with Crippen LogP contribution in [0.5, 0.6) is 11.5 Å². The van der Waals surface area contributed by atoms with E-state index in [2.05, 4.69) is 11.9 Å². The Morgan fingerprint density at radius 3 is 2.27 bits per heavy atom. The number of hydrogen-bond donors (Lipinski definition) is 3. The molecule has 3 unspecified atom stereocenters. The first-order valence-corrected chi connectivity index (χ1v) is 8.71. The van der Waals surface area contributed by atoms with Gasteiger partial charge in [0.1, 0.15) is 19.3 Å². The average Bonchev–Trinajstić information content (AvgIpc) is 2.69. The van der Waals surface area contributed by atoms with Crippen LogP contribution in [0.4, 0.5) is 0 Å². The quantitative estimate of drug-likeness (QED) is 0.540. The maximum absolute atomic E-state index is 10.3. The SMILES string of the molecule is C=CCOc1ccccc1OCC(O)CNC(C)C(O)c1ccccc1. The second-order valence-corrected chi connectivity index (χ2v) is 6.06. The van der Waals surface area contributed by atoms with Crippen LogP contribution in [0, 0.1) is 0 Å². The summed E-state index contributed by atoms with van der Waals surface area (Å²) in [6, 6.07) is 16.5. The lowest BCUT2D eigenvalue weighted by molar-refractivity contribution is 0.0864. The third-order valence-electron chi connectivity index (χ3n) is 3.93. The molecule has 0 aliphatic rings. The first kappa shape index (κ1) is 20.0. The van der Waals surface area contributed by atoms with Crippen molar-refractivity contribution in [2.45, 2.75) is 25.2 Å². The molecule has 2 rings (SSSR count). The number of nitrogens with one attached hydrogen (secondary N) is 1. The highest BCUT2D eigenvalue weighted by Gasteiger charge is 2.17. The molecule has 0 aromatic heterocycles. The van der Waals surface area contributed by atoms with Crippen LogP contribution in [0.2, 0.25) is 0 Å². The van der Waals surface area contributed by atoms with Gasteiger partial charge in [-0.3, -0.25) is 0 Å². The Bertz CT molecular complexity index is 662. The molecule has 0 bridgehead atoms. The van der Waals surface area contributed by atoms with Crippen molar-refractivity contribution in [1.29, 1.82) is 0 Å². The van der Waals surface area contributed by atoms with Crippen LogP contribution in [0.1, 0.15) is 18.6 Å². The van der Waals surface area contributed by atoms with Crippen LogP contribution < -0.4 is 14.8 Å². The molecule has 0 spiro atoms. The molecule has 0 aliphatic carbocycles. The third kappa shape index (κ3) is 6.19. The van der Waals surface area contributed by atoms with Crippen LogP contribution >= 0.6 is 0 Å². The molecule has 0 radical (unpaired) electrons. The normalized spacial score (nSPS) is 14.3. The van der Waals surface area contributed by atoms with Gasteiger partial charge in [0.15, 0.2) is 11.5 Å². The number of hydrogen-bond acceptors (Lipinski definition) is 5. The minimum atomic E-state index is -0.715. The Labute approximate surface area is 154 Å². The van der Waals surface area contributed by atoms with Crippen molar-refractivity contribution in [2.24, 2.45) is 0 Å². The van der Waals surface area contributed by atoms with Gasteiger partial charge in [-0.2, -0.15) is 0 Å². The molecule has 0 saturated heterocycles. The maximum Gasteiger partial charge on any atom is 0.161 e. The lowest BCUT2D eigenvalue weighted by Crippen LogP contribution is -2.39. The van der Waals surface area contributed by atoms with Crippen LogP contribution in [-0.4, -0.2) is 42.1 Å². The molecule has 0 fully saturated rings.